The summed E-state index contributed by atoms with van der Waals surface area (Å²) < 4.78 is 5.47. The highest BCUT2D eigenvalue weighted by atomic mass is 16.5. The smallest absolute Gasteiger partial charge is 0.336 e. The molecule has 0 aromatic heterocycles. The van der Waals surface area contributed by atoms with E-state index in [9.17, 15) is 4.79 Å². The molecule has 130 valence electrons. The van der Waals surface area contributed by atoms with Crippen molar-refractivity contribution in [1.29, 1.82) is 0 Å². The largest absolute Gasteiger partial charge is 0.457 e. The molecule has 0 spiro atoms. The Hall–Kier alpha value is -2.81. The van der Waals surface area contributed by atoms with Gasteiger partial charge in [0.25, 0.3) is 0 Å². The Bertz CT molecular complexity index is 720. The standard InChI is InChI=1S/C22H25NO2/c1-4-11-21(22(24)25-16-19-12-7-5-8-13-19)18(3)23-17(2)20-14-9-6-10-15-20/h4-10,12-15,17,23H,1,11,16H2,2-3H3/b21-18+/t17-/m0/s1. The summed E-state index contributed by atoms with van der Waals surface area (Å²) in [5, 5.41) is 3.39. The Labute approximate surface area is 150 Å². The Morgan fingerprint density at radius 2 is 1.72 bits per heavy atom. The average Bonchev–Trinajstić information content (AvgIpc) is 2.65. The van der Waals surface area contributed by atoms with E-state index in [1.807, 2.05) is 55.5 Å². The van der Waals surface area contributed by atoms with Crippen LogP contribution in [0, 0.1) is 0 Å². The summed E-state index contributed by atoms with van der Waals surface area (Å²) >= 11 is 0. The van der Waals surface area contributed by atoms with E-state index in [1.165, 1.54) is 0 Å². The number of allylic oxidation sites excluding steroid dienone is 2. The summed E-state index contributed by atoms with van der Waals surface area (Å²) in [6.07, 6.45) is 2.19. The number of carbonyl (C=O) groups is 1. The van der Waals surface area contributed by atoms with Gasteiger partial charge in [-0.15, -0.1) is 6.58 Å². The van der Waals surface area contributed by atoms with E-state index in [-0.39, 0.29) is 18.6 Å². The number of carbonyl (C=O) groups excluding carboxylic acids is 1. The highest BCUT2D eigenvalue weighted by Crippen LogP contribution is 2.17. The first kappa shape index (κ1) is 18.5. The van der Waals surface area contributed by atoms with Crippen LogP contribution in [0.15, 0.2) is 84.6 Å². The minimum Gasteiger partial charge on any atom is -0.457 e. The second-order valence-electron chi connectivity index (χ2n) is 5.93. The summed E-state index contributed by atoms with van der Waals surface area (Å²) in [6.45, 7) is 7.99. The van der Waals surface area contributed by atoms with Gasteiger partial charge in [-0.3, -0.25) is 0 Å². The van der Waals surface area contributed by atoms with Crippen LogP contribution >= 0.6 is 0 Å². The zero-order valence-corrected chi connectivity index (χ0v) is 14.9. The molecular formula is C22H25NO2. The number of ether oxygens (including phenoxy) is 1. The van der Waals surface area contributed by atoms with Crippen LogP contribution in [0.3, 0.4) is 0 Å². The molecule has 0 heterocycles. The summed E-state index contributed by atoms with van der Waals surface area (Å²) in [5.74, 6) is -0.311. The van der Waals surface area contributed by atoms with Crippen molar-refractivity contribution in [1.82, 2.24) is 5.32 Å². The molecule has 2 rings (SSSR count). The van der Waals surface area contributed by atoms with Gasteiger partial charge in [0.2, 0.25) is 0 Å². The second-order valence-corrected chi connectivity index (χ2v) is 5.93. The maximum Gasteiger partial charge on any atom is 0.336 e. The summed E-state index contributed by atoms with van der Waals surface area (Å²) in [5.41, 5.74) is 3.55. The maximum absolute atomic E-state index is 12.5. The van der Waals surface area contributed by atoms with Crippen LogP contribution < -0.4 is 5.32 Å². The van der Waals surface area contributed by atoms with Gasteiger partial charge in [-0.05, 0) is 31.4 Å². The molecule has 3 heteroatoms. The van der Waals surface area contributed by atoms with E-state index in [1.54, 1.807) is 6.08 Å². The number of benzene rings is 2. The minimum absolute atomic E-state index is 0.0999. The molecule has 0 amide bonds. The van der Waals surface area contributed by atoms with Crippen molar-refractivity contribution in [2.24, 2.45) is 0 Å². The van der Waals surface area contributed by atoms with E-state index >= 15 is 0 Å². The van der Waals surface area contributed by atoms with Gasteiger partial charge < -0.3 is 10.1 Å². The molecule has 0 aliphatic carbocycles. The minimum atomic E-state index is -0.311. The Morgan fingerprint density at radius 3 is 2.32 bits per heavy atom. The summed E-state index contributed by atoms with van der Waals surface area (Å²) in [4.78, 5) is 12.5. The molecule has 25 heavy (non-hydrogen) atoms. The van der Waals surface area contributed by atoms with E-state index in [0.29, 0.717) is 12.0 Å². The van der Waals surface area contributed by atoms with Crippen molar-refractivity contribution in [3.8, 4) is 0 Å². The quantitative estimate of drug-likeness (QED) is 0.422. The van der Waals surface area contributed by atoms with Crippen LogP contribution in [0.4, 0.5) is 0 Å². The number of hydrogen-bond donors (Lipinski definition) is 1. The third-order valence-corrected chi connectivity index (χ3v) is 3.99. The molecule has 0 unspecified atom stereocenters. The zero-order valence-electron chi connectivity index (χ0n) is 14.9. The molecule has 2 aromatic carbocycles. The van der Waals surface area contributed by atoms with Gasteiger partial charge in [-0.1, -0.05) is 66.7 Å². The second kappa shape index (κ2) is 9.48. The summed E-state index contributed by atoms with van der Waals surface area (Å²) in [6, 6.07) is 19.9. The molecule has 0 fully saturated rings. The third-order valence-electron chi connectivity index (χ3n) is 3.99. The number of rotatable bonds is 8. The van der Waals surface area contributed by atoms with Crippen LogP contribution in [0.2, 0.25) is 0 Å². The topological polar surface area (TPSA) is 38.3 Å². The van der Waals surface area contributed by atoms with E-state index in [4.69, 9.17) is 4.74 Å². The first-order chi connectivity index (χ1) is 12.1. The molecule has 3 nitrogen and oxygen atoms in total. The Morgan fingerprint density at radius 1 is 1.12 bits per heavy atom. The lowest BCUT2D eigenvalue weighted by atomic mass is 10.1. The fraction of sp³-hybridized carbons (Fsp3) is 0.227. The number of nitrogens with one attached hydrogen (secondary N) is 1. The van der Waals surface area contributed by atoms with Crippen molar-refractivity contribution >= 4 is 5.97 Å². The fourth-order valence-corrected chi connectivity index (χ4v) is 2.58. The van der Waals surface area contributed by atoms with Gasteiger partial charge in [0, 0.05) is 11.7 Å². The Kier molecular flexibility index (Phi) is 7.02. The number of hydrogen-bond acceptors (Lipinski definition) is 3. The van der Waals surface area contributed by atoms with E-state index < -0.39 is 0 Å². The van der Waals surface area contributed by atoms with Crippen LogP contribution in [0.25, 0.3) is 0 Å². The predicted octanol–water partition coefficient (Wildman–Crippen LogP) is 4.93. The number of esters is 1. The van der Waals surface area contributed by atoms with Crippen molar-refractivity contribution < 1.29 is 9.53 Å². The molecule has 0 radical (unpaired) electrons. The predicted molar refractivity (Wildman–Crippen MR) is 102 cm³/mol. The lowest BCUT2D eigenvalue weighted by Gasteiger charge is -2.19. The molecule has 0 aliphatic rings. The van der Waals surface area contributed by atoms with Gasteiger partial charge in [-0.2, -0.15) is 0 Å². The van der Waals surface area contributed by atoms with Crippen molar-refractivity contribution in [3.63, 3.8) is 0 Å². The normalized spacial score (nSPS) is 12.7. The highest BCUT2D eigenvalue weighted by Gasteiger charge is 2.15. The SMILES string of the molecule is C=CC/C(C(=O)OCc1ccccc1)=C(/C)N[C@@H](C)c1ccccc1. The maximum atomic E-state index is 12.5. The highest BCUT2D eigenvalue weighted by molar-refractivity contribution is 5.89. The zero-order chi connectivity index (χ0) is 18.1. The van der Waals surface area contributed by atoms with Crippen LogP contribution in [0.5, 0.6) is 0 Å². The third kappa shape index (κ3) is 5.64. The molecule has 1 atom stereocenters. The Balaban J connectivity index is 2.07. The van der Waals surface area contributed by atoms with Gasteiger partial charge >= 0.3 is 5.97 Å². The first-order valence-electron chi connectivity index (χ1n) is 8.45. The first-order valence-corrected chi connectivity index (χ1v) is 8.45. The lowest BCUT2D eigenvalue weighted by Crippen LogP contribution is -2.21. The monoisotopic (exact) mass is 335 g/mol. The van der Waals surface area contributed by atoms with E-state index in [0.717, 1.165) is 16.8 Å². The molecule has 0 bridgehead atoms. The molecule has 0 saturated heterocycles. The summed E-state index contributed by atoms with van der Waals surface area (Å²) in [7, 11) is 0. The van der Waals surface area contributed by atoms with Crippen molar-refractivity contribution in [2.75, 3.05) is 0 Å². The van der Waals surface area contributed by atoms with Gasteiger partial charge in [-0.25, -0.2) is 4.79 Å². The van der Waals surface area contributed by atoms with Gasteiger partial charge in [0.15, 0.2) is 0 Å². The van der Waals surface area contributed by atoms with Crippen LogP contribution in [0.1, 0.15) is 37.4 Å². The molecule has 0 aliphatic heterocycles. The van der Waals surface area contributed by atoms with Gasteiger partial charge in [0.1, 0.15) is 6.61 Å². The fourth-order valence-electron chi connectivity index (χ4n) is 2.58. The van der Waals surface area contributed by atoms with Crippen molar-refractivity contribution in [3.05, 3.63) is 95.7 Å². The molecule has 1 N–H and O–H groups in total. The molecular weight excluding hydrogens is 310 g/mol. The van der Waals surface area contributed by atoms with Crippen LogP contribution in [-0.4, -0.2) is 5.97 Å². The van der Waals surface area contributed by atoms with Gasteiger partial charge in [0.05, 0.1) is 5.57 Å². The van der Waals surface area contributed by atoms with Crippen LogP contribution in [-0.2, 0) is 16.1 Å². The average molecular weight is 335 g/mol. The lowest BCUT2D eigenvalue weighted by molar-refractivity contribution is -0.140. The van der Waals surface area contributed by atoms with E-state index in [2.05, 4.69) is 31.0 Å². The molecule has 2 aromatic rings. The van der Waals surface area contributed by atoms with Crippen molar-refractivity contribution in [2.45, 2.75) is 32.9 Å². The molecule has 0 saturated carbocycles.